The Bertz CT molecular complexity index is 1310. The Morgan fingerprint density at radius 2 is 1.26 bits per heavy atom. The second kappa shape index (κ2) is 11.0. The Kier molecular flexibility index (Phi) is 8.08. The number of methoxy groups -OCH3 is 5. The first-order valence-electron chi connectivity index (χ1n) is 10.3. The summed E-state index contributed by atoms with van der Waals surface area (Å²) in [6.45, 7) is 0. The van der Waals surface area contributed by atoms with Crippen molar-refractivity contribution in [3.63, 3.8) is 0 Å². The van der Waals surface area contributed by atoms with Crippen LogP contribution >= 0.6 is 0 Å². The monoisotopic (exact) mass is 503 g/mol. The van der Waals surface area contributed by atoms with E-state index < -0.39 is 15.8 Å². The van der Waals surface area contributed by atoms with Crippen LogP contribution in [0.1, 0.15) is 11.1 Å². The molecule has 0 aliphatic rings. The third-order valence-corrected chi connectivity index (χ3v) is 6.42. The summed E-state index contributed by atoms with van der Waals surface area (Å²) in [7, 11) is 3.20. The standard InChI is InChI=1S/C25H26FNO7S/c1-30-21-11-9-18(15-19(21)26)35(28,29)27-20-12-16(8-10-22(20)31-2)6-7-17-13-23(32-3)25(34-5)24(14-17)33-4/h6-15,27H,1-5H3/b7-6-. The quantitative estimate of drug-likeness (QED) is 0.396. The maximum Gasteiger partial charge on any atom is 0.262 e. The first-order chi connectivity index (χ1) is 16.8. The van der Waals surface area contributed by atoms with Gasteiger partial charge in [-0.1, -0.05) is 18.2 Å². The van der Waals surface area contributed by atoms with E-state index in [4.69, 9.17) is 23.7 Å². The van der Waals surface area contributed by atoms with Gasteiger partial charge in [0.25, 0.3) is 10.0 Å². The predicted molar refractivity (Wildman–Crippen MR) is 132 cm³/mol. The topological polar surface area (TPSA) is 92.3 Å². The van der Waals surface area contributed by atoms with E-state index in [-0.39, 0.29) is 16.3 Å². The molecule has 3 aromatic carbocycles. The Balaban J connectivity index is 1.93. The molecule has 0 fully saturated rings. The highest BCUT2D eigenvalue weighted by Crippen LogP contribution is 2.39. The molecule has 0 aliphatic carbocycles. The molecule has 8 nitrogen and oxygen atoms in total. The number of anilines is 1. The van der Waals surface area contributed by atoms with Crippen molar-refractivity contribution < 1.29 is 36.5 Å². The first kappa shape index (κ1) is 25.7. The highest BCUT2D eigenvalue weighted by molar-refractivity contribution is 7.92. The van der Waals surface area contributed by atoms with Gasteiger partial charge in [-0.3, -0.25) is 4.72 Å². The predicted octanol–water partition coefficient (Wildman–Crippen LogP) is 4.84. The molecule has 35 heavy (non-hydrogen) atoms. The molecular weight excluding hydrogens is 477 g/mol. The lowest BCUT2D eigenvalue weighted by Gasteiger charge is -2.14. The van der Waals surface area contributed by atoms with Crippen LogP contribution in [0.5, 0.6) is 28.7 Å². The molecule has 0 amide bonds. The molecule has 0 radical (unpaired) electrons. The molecular formula is C25H26FNO7S. The van der Waals surface area contributed by atoms with Crippen LogP contribution in [0.2, 0.25) is 0 Å². The summed E-state index contributed by atoms with van der Waals surface area (Å²) >= 11 is 0. The molecule has 3 aromatic rings. The van der Waals surface area contributed by atoms with E-state index in [0.29, 0.717) is 28.6 Å². The van der Waals surface area contributed by atoms with Gasteiger partial charge in [0.1, 0.15) is 5.75 Å². The third-order valence-electron chi connectivity index (χ3n) is 5.06. The second-order valence-corrected chi connectivity index (χ2v) is 8.84. The molecule has 0 bridgehead atoms. The van der Waals surface area contributed by atoms with Crippen LogP contribution in [0.25, 0.3) is 12.2 Å². The molecule has 0 heterocycles. The Morgan fingerprint density at radius 1 is 0.686 bits per heavy atom. The second-order valence-electron chi connectivity index (χ2n) is 7.15. The number of benzene rings is 3. The lowest BCUT2D eigenvalue weighted by atomic mass is 10.1. The van der Waals surface area contributed by atoms with Crippen molar-refractivity contribution in [1.82, 2.24) is 0 Å². The van der Waals surface area contributed by atoms with E-state index in [1.54, 1.807) is 36.4 Å². The van der Waals surface area contributed by atoms with Gasteiger partial charge in [0.05, 0.1) is 46.1 Å². The summed E-state index contributed by atoms with van der Waals surface area (Å²) in [6, 6.07) is 11.9. The number of hydrogen-bond acceptors (Lipinski definition) is 7. The fraction of sp³-hybridized carbons (Fsp3) is 0.200. The molecule has 0 aromatic heterocycles. The summed E-state index contributed by atoms with van der Waals surface area (Å²) in [5.74, 6) is 0.934. The summed E-state index contributed by atoms with van der Waals surface area (Å²) in [4.78, 5) is -0.253. The Morgan fingerprint density at radius 3 is 1.80 bits per heavy atom. The summed E-state index contributed by atoms with van der Waals surface area (Å²) in [6.07, 6.45) is 3.59. The summed E-state index contributed by atoms with van der Waals surface area (Å²) in [5, 5.41) is 0. The Hall–Kier alpha value is -3.92. The van der Waals surface area contributed by atoms with Crippen LogP contribution in [0.3, 0.4) is 0 Å². The van der Waals surface area contributed by atoms with Crippen molar-refractivity contribution in [2.24, 2.45) is 0 Å². The fourth-order valence-corrected chi connectivity index (χ4v) is 4.39. The van der Waals surface area contributed by atoms with Crippen LogP contribution in [-0.2, 0) is 10.0 Å². The van der Waals surface area contributed by atoms with Gasteiger partial charge in [-0.15, -0.1) is 0 Å². The van der Waals surface area contributed by atoms with Crippen LogP contribution in [-0.4, -0.2) is 44.0 Å². The maximum absolute atomic E-state index is 14.1. The van der Waals surface area contributed by atoms with Crippen LogP contribution < -0.4 is 28.4 Å². The normalized spacial score (nSPS) is 11.3. The molecule has 0 atom stereocenters. The zero-order valence-corrected chi connectivity index (χ0v) is 20.7. The molecule has 1 N–H and O–H groups in total. The smallest absolute Gasteiger partial charge is 0.262 e. The molecule has 186 valence electrons. The average Bonchev–Trinajstić information content (AvgIpc) is 2.86. The third kappa shape index (κ3) is 5.78. The first-order valence-corrected chi connectivity index (χ1v) is 11.8. The molecule has 0 saturated heterocycles. The molecule has 0 unspecified atom stereocenters. The molecule has 0 spiro atoms. The molecule has 0 saturated carbocycles. The van der Waals surface area contributed by atoms with E-state index >= 15 is 0 Å². The van der Waals surface area contributed by atoms with Crippen molar-refractivity contribution in [1.29, 1.82) is 0 Å². The number of nitrogens with one attached hydrogen (secondary N) is 1. The van der Waals surface area contributed by atoms with Gasteiger partial charge >= 0.3 is 0 Å². The van der Waals surface area contributed by atoms with E-state index in [9.17, 15) is 12.8 Å². The summed E-state index contributed by atoms with van der Waals surface area (Å²) in [5.41, 5.74) is 1.64. The zero-order valence-electron chi connectivity index (χ0n) is 19.9. The molecule has 10 heteroatoms. The SMILES string of the molecule is COc1ccc(S(=O)(=O)Nc2cc(/C=C\c3cc(OC)c(OC)c(OC)c3)ccc2OC)cc1F. The lowest BCUT2D eigenvalue weighted by molar-refractivity contribution is 0.324. The molecule has 3 rings (SSSR count). The van der Waals surface area contributed by atoms with Gasteiger partial charge in [-0.05, 0) is 53.6 Å². The fourth-order valence-electron chi connectivity index (χ4n) is 3.32. The lowest BCUT2D eigenvalue weighted by Crippen LogP contribution is -2.14. The average molecular weight is 504 g/mol. The van der Waals surface area contributed by atoms with Gasteiger partial charge in [-0.25, -0.2) is 12.8 Å². The highest BCUT2D eigenvalue weighted by Gasteiger charge is 2.19. The minimum Gasteiger partial charge on any atom is -0.495 e. The molecule has 0 aliphatic heterocycles. The van der Waals surface area contributed by atoms with Gasteiger partial charge in [0.15, 0.2) is 23.1 Å². The van der Waals surface area contributed by atoms with Crippen molar-refractivity contribution in [3.8, 4) is 28.7 Å². The number of hydrogen-bond donors (Lipinski definition) is 1. The van der Waals surface area contributed by atoms with Gasteiger partial charge in [0.2, 0.25) is 5.75 Å². The largest absolute Gasteiger partial charge is 0.495 e. The van der Waals surface area contributed by atoms with Gasteiger partial charge in [0, 0.05) is 0 Å². The van der Waals surface area contributed by atoms with Crippen molar-refractivity contribution in [3.05, 3.63) is 65.5 Å². The van der Waals surface area contributed by atoms with E-state index in [2.05, 4.69) is 4.72 Å². The minimum absolute atomic E-state index is 0.0551. The summed E-state index contributed by atoms with van der Waals surface area (Å²) < 4.78 is 68.5. The van der Waals surface area contributed by atoms with Crippen LogP contribution in [0, 0.1) is 5.82 Å². The number of sulfonamides is 1. The van der Waals surface area contributed by atoms with Crippen LogP contribution in [0.4, 0.5) is 10.1 Å². The number of rotatable bonds is 10. The van der Waals surface area contributed by atoms with Gasteiger partial charge < -0.3 is 23.7 Å². The van der Waals surface area contributed by atoms with Gasteiger partial charge in [-0.2, -0.15) is 0 Å². The minimum atomic E-state index is -4.10. The number of halogens is 1. The highest BCUT2D eigenvalue weighted by atomic mass is 32.2. The van der Waals surface area contributed by atoms with E-state index in [1.807, 2.05) is 6.08 Å². The van der Waals surface area contributed by atoms with Crippen molar-refractivity contribution in [2.45, 2.75) is 4.90 Å². The van der Waals surface area contributed by atoms with E-state index in [0.717, 1.165) is 11.6 Å². The Labute approximate surface area is 203 Å². The number of ether oxygens (including phenoxy) is 5. The van der Waals surface area contributed by atoms with Crippen LogP contribution in [0.15, 0.2) is 53.4 Å². The van der Waals surface area contributed by atoms with Crippen molar-refractivity contribution in [2.75, 3.05) is 40.3 Å². The zero-order chi connectivity index (χ0) is 25.6. The maximum atomic E-state index is 14.1. The van der Waals surface area contributed by atoms with Crippen molar-refractivity contribution >= 4 is 27.9 Å². The van der Waals surface area contributed by atoms with E-state index in [1.165, 1.54) is 47.7 Å².